The van der Waals surface area contributed by atoms with Gasteiger partial charge in [0, 0.05) is 31.9 Å². The van der Waals surface area contributed by atoms with Crippen LogP contribution >= 0.6 is 0 Å². The zero-order valence-electron chi connectivity index (χ0n) is 13.0. The Kier molecular flexibility index (Phi) is 3.81. The van der Waals surface area contributed by atoms with Gasteiger partial charge in [0.2, 0.25) is 0 Å². The van der Waals surface area contributed by atoms with Crippen molar-refractivity contribution in [2.45, 2.75) is 33.7 Å². The lowest BCUT2D eigenvalue weighted by atomic mass is 9.92. The van der Waals surface area contributed by atoms with Crippen molar-refractivity contribution in [3.05, 3.63) is 46.0 Å². The topological polar surface area (TPSA) is 37.6 Å². The van der Waals surface area contributed by atoms with Crippen LogP contribution in [-0.4, -0.2) is 27.4 Å². The van der Waals surface area contributed by atoms with Gasteiger partial charge in [-0.15, -0.1) is 0 Å². The van der Waals surface area contributed by atoms with E-state index in [1.54, 1.807) is 10.5 Å². The van der Waals surface area contributed by atoms with Crippen LogP contribution in [0.3, 0.4) is 0 Å². The summed E-state index contributed by atoms with van der Waals surface area (Å²) in [5.74, 6) is 1.44. The van der Waals surface area contributed by atoms with Crippen LogP contribution < -0.4 is 5.56 Å². The lowest BCUT2D eigenvalue weighted by molar-refractivity contribution is 0.133. The number of hydrogen-bond acceptors (Lipinski definition) is 3. The number of fused-ring (bicyclic) bond motifs is 1. The molecule has 0 radical (unpaired) electrons. The Morgan fingerprint density at radius 2 is 1.95 bits per heavy atom. The quantitative estimate of drug-likeness (QED) is 0.850. The fourth-order valence-corrected chi connectivity index (χ4v) is 3.49. The minimum atomic E-state index is 0.0109. The van der Waals surface area contributed by atoms with Crippen molar-refractivity contribution < 1.29 is 0 Å². The molecule has 3 rings (SSSR count). The molecule has 1 saturated heterocycles. The van der Waals surface area contributed by atoms with Gasteiger partial charge in [-0.25, -0.2) is 4.98 Å². The second kappa shape index (κ2) is 5.60. The molecule has 0 unspecified atom stereocenters. The van der Waals surface area contributed by atoms with Crippen molar-refractivity contribution in [1.82, 2.24) is 14.3 Å². The van der Waals surface area contributed by atoms with Crippen LogP contribution in [0.1, 0.15) is 31.5 Å². The van der Waals surface area contributed by atoms with Gasteiger partial charge in [-0.2, -0.15) is 0 Å². The number of piperidine rings is 1. The maximum absolute atomic E-state index is 12.2. The summed E-state index contributed by atoms with van der Waals surface area (Å²) in [7, 11) is 0. The van der Waals surface area contributed by atoms with E-state index in [0.717, 1.165) is 48.4 Å². The van der Waals surface area contributed by atoms with Gasteiger partial charge in [0.25, 0.3) is 5.56 Å². The highest BCUT2D eigenvalue weighted by Crippen LogP contribution is 2.22. The number of aryl methyl sites for hydroxylation is 1. The fraction of sp³-hybridized carbons (Fsp3) is 0.529. The Morgan fingerprint density at radius 1 is 1.24 bits per heavy atom. The summed E-state index contributed by atoms with van der Waals surface area (Å²) in [6.07, 6.45) is 3.14. The predicted octanol–water partition coefficient (Wildman–Crippen LogP) is 2.48. The standard InChI is InChI=1S/C17H23N3O/c1-12-4-5-16-18-15(7-17(21)20(16)10-12)11-19-8-13(2)6-14(3)9-19/h4-5,7,10,13-14H,6,8-9,11H2,1-3H3/t13-,14-/m0/s1. The van der Waals surface area contributed by atoms with E-state index in [4.69, 9.17) is 0 Å². The summed E-state index contributed by atoms with van der Waals surface area (Å²) < 4.78 is 1.63. The minimum absolute atomic E-state index is 0.0109. The van der Waals surface area contributed by atoms with Crippen LogP contribution in [-0.2, 0) is 6.54 Å². The molecule has 0 bridgehead atoms. The highest BCUT2D eigenvalue weighted by Gasteiger charge is 2.22. The van der Waals surface area contributed by atoms with Crippen LogP contribution in [0.4, 0.5) is 0 Å². The summed E-state index contributed by atoms with van der Waals surface area (Å²) in [5, 5.41) is 0. The molecule has 0 saturated carbocycles. The van der Waals surface area contributed by atoms with Crippen LogP contribution in [0.2, 0.25) is 0 Å². The second-order valence-electron chi connectivity index (χ2n) is 6.66. The lowest BCUT2D eigenvalue weighted by Crippen LogP contribution is -2.38. The largest absolute Gasteiger partial charge is 0.297 e. The monoisotopic (exact) mass is 285 g/mol. The summed E-state index contributed by atoms with van der Waals surface area (Å²) in [4.78, 5) is 19.3. The predicted molar refractivity (Wildman–Crippen MR) is 84.4 cm³/mol. The molecular weight excluding hydrogens is 262 g/mol. The minimum Gasteiger partial charge on any atom is -0.297 e. The molecular formula is C17H23N3O. The zero-order chi connectivity index (χ0) is 15.0. The summed E-state index contributed by atoms with van der Waals surface area (Å²) in [5.41, 5.74) is 2.70. The molecule has 1 fully saturated rings. The molecule has 4 nitrogen and oxygen atoms in total. The molecule has 1 aliphatic rings. The Hall–Kier alpha value is -1.68. The van der Waals surface area contributed by atoms with E-state index in [2.05, 4.69) is 23.7 Å². The number of rotatable bonds is 2. The summed E-state index contributed by atoms with van der Waals surface area (Å²) >= 11 is 0. The Morgan fingerprint density at radius 3 is 2.67 bits per heavy atom. The van der Waals surface area contributed by atoms with Crippen molar-refractivity contribution in [3.8, 4) is 0 Å². The van der Waals surface area contributed by atoms with E-state index in [0.29, 0.717) is 0 Å². The molecule has 0 aromatic carbocycles. The van der Waals surface area contributed by atoms with Gasteiger partial charge in [-0.3, -0.25) is 14.1 Å². The highest BCUT2D eigenvalue weighted by molar-refractivity contribution is 5.39. The Bertz CT molecular complexity index is 697. The molecule has 3 heterocycles. The normalized spacial score (nSPS) is 23.6. The van der Waals surface area contributed by atoms with E-state index in [1.165, 1.54) is 6.42 Å². The Balaban J connectivity index is 1.87. The average Bonchev–Trinajstić information content (AvgIpc) is 2.38. The van der Waals surface area contributed by atoms with Crippen LogP contribution in [0.5, 0.6) is 0 Å². The van der Waals surface area contributed by atoms with Crippen LogP contribution in [0, 0.1) is 18.8 Å². The molecule has 4 heteroatoms. The first-order valence-electron chi connectivity index (χ1n) is 7.72. The van der Waals surface area contributed by atoms with Crippen LogP contribution in [0.15, 0.2) is 29.2 Å². The van der Waals surface area contributed by atoms with Gasteiger partial charge in [0.05, 0.1) is 5.69 Å². The maximum Gasteiger partial charge on any atom is 0.258 e. The van der Waals surface area contributed by atoms with E-state index in [-0.39, 0.29) is 5.56 Å². The van der Waals surface area contributed by atoms with Gasteiger partial charge in [0.15, 0.2) is 0 Å². The van der Waals surface area contributed by atoms with Crippen molar-refractivity contribution in [2.75, 3.05) is 13.1 Å². The number of likely N-dealkylation sites (tertiary alicyclic amines) is 1. The molecule has 2 aromatic heterocycles. The van der Waals surface area contributed by atoms with Crippen molar-refractivity contribution >= 4 is 5.65 Å². The first-order chi connectivity index (χ1) is 10.0. The number of aromatic nitrogens is 2. The molecule has 0 aliphatic carbocycles. The third kappa shape index (κ3) is 3.16. The number of nitrogens with zero attached hydrogens (tertiary/aromatic N) is 3. The second-order valence-corrected chi connectivity index (χ2v) is 6.66. The third-order valence-corrected chi connectivity index (χ3v) is 4.19. The molecule has 0 amide bonds. The van der Waals surface area contributed by atoms with Gasteiger partial charge >= 0.3 is 0 Å². The van der Waals surface area contributed by atoms with Gasteiger partial charge in [-0.1, -0.05) is 19.9 Å². The first-order valence-corrected chi connectivity index (χ1v) is 7.72. The van der Waals surface area contributed by atoms with E-state index >= 15 is 0 Å². The molecule has 0 spiro atoms. The molecule has 21 heavy (non-hydrogen) atoms. The molecule has 1 aliphatic heterocycles. The fourth-order valence-electron chi connectivity index (χ4n) is 3.49. The first kappa shape index (κ1) is 14.3. The summed E-state index contributed by atoms with van der Waals surface area (Å²) in [6, 6.07) is 5.59. The lowest BCUT2D eigenvalue weighted by Gasteiger charge is -2.34. The van der Waals surface area contributed by atoms with Gasteiger partial charge in [-0.05, 0) is 36.8 Å². The number of pyridine rings is 1. The molecule has 112 valence electrons. The van der Waals surface area contributed by atoms with E-state index in [1.807, 2.05) is 25.3 Å². The zero-order valence-corrected chi connectivity index (χ0v) is 13.0. The van der Waals surface area contributed by atoms with Gasteiger partial charge in [0.1, 0.15) is 5.65 Å². The highest BCUT2D eigenvalue weighted by atomic mass is 16.1. The summed E-state index contributed by atoms with van der Waals surface area (Å²) in [6.45, 7) is 9.55. The van der Waals surface area contributed by atoms with E-state index in [9.17, 15) is 4.79 Å². The molecule has 2 atom stereocenters. The third-order valence-electron chi connectivity index (χ3n) is 4.19. The number of hydrogen-bond donors (Lipinski definition) is 0. The van der Waals surface area contributed by atoms with E-state index < -0.39 is 0 Å². The maximum atomic E-state index is 12.2. The van der Waals surface area contributed by atoms with Crippen LogP contribution in [0.25, 0.3) is 5.65 Å². The van der Waals surface area contributed by atoms with Crippen molar-refractivity contribution in [3.63, 3.8) is 0 Å². The SMILES string of the molecule is Cc1ccc2nc(CN3C[C@@H](C)C[C@H](C)C3)cc(=O)n2c1. The van der Waals surface area contributed by atoms with Crippen molar-refractivity contribution in [1.29, 1.82) is 0 Å². The smallest absolute Gasteiger partial charge is 0.258 e. The van der Waals surface area contributed by atoms with Gasteiger partial charge < -0.3 is 0 Å². The molecule has 0 N–H and O–H groups in total. The molecule has 2 aromatic rings. The average molecular weight is 285 g/mol. The Labute approximate surface area is 125 Å². The van der Waals surface area contributed by atoms with Crippen molar-refractivity contribution in [2.24, 2.45) is 11.8 Å².